The molecule has 0 fully saturated rings. The lowest BCUT2D eigenvalue weighted by Crippen LogP contribution is -2.34. The quantitative estimate of drug-likeness (QED) is 0.233. The van der Waals surface area contributed by atoms with Crippen LogP contribution in [0.4, 0.5) is 0 Å². The molecule has 0 aromatic heterocycles. The van der Waals surface area contributed by atoms with E-state index in [2.05, 4.69) is 30.7 Å². The van der Waals surface area contributed by atoms with Crippen LogP contribution in [0, 0.1) is 5.92 Å². The van der Waals surface area contributed by atoms with Gasteiger partial charge in [-0.15, -0.1) is 30.6 Å². The molecule has 3 N–H and O–H groups in total. The first kappa shape index (κ1) is 18.1. The predicted molar refractivity (Wildman–Crippen MR) is 80.4 cm³/mol. The molecule has 0 radical (unpaired) electrons. The molecule has 0 bridgehead atoms. The minimum absolute atomic E-state index is 0. The maximum absolute atomic E-state index is 5.63. The summed E-state index contributed by atoms with van der Waals surface area (Å²) in [5.74, 6) is 1.03. The third-order valence-electron chi connectivity index (χ3n) is 1.65. The summed E-state index contributed by atoms with van der Waals surface area (Å²) < 4.78 is 5.31. The van der Waals surface area contributed by atoms with Crippen LogP contribution in [0.25, 0.3) is 0 Å². The number of guanidine groups is 1. The van der Waals surface area contributed by atoms with E-state index < -0.39 is 0 Å². The van der Waals surface area contributed by atoms with Gasteiger partial charge >= 0.3 is 0 Å². The van der Waals surface area contributed by atoms with Crippen LogP contribution in [0.5, 0.6) is 0 Å². The van der Waals surface area contributed by atoms with E-state index in [1.807, 2.05) is 6.08 Å². The van der Waals surface area contributed by atoms with E-state index >= 15 is 0 Å². The maximum Gasteiger partial charge on any atom is 0.188 e. The van der Waals surface area contributed by atoms with Crippen LogP contribution in [-0.4, -0.2) is 32.3 Å². The molecule has 0 saturated heterocycles. The molecule has 4 nitrogen and oxygen atoms in total. The van der Waals surface area contributed by atoms with Gasteiger partial charge in [-0.2, -0.15) is 0 Å². The van der Waals surface area contributed by atoms with E-state index in [1.54, 1.807) is 0 Å². The standard InChI is InChI=1S/C11H23N3O.HI/c1-4-5-7-15-8-6-13-11(12)14-9-10(2)3;/h4,10H,1,5-9H2,2-3H3,(H3,12,13,14);1H. The highest BCUT2D eigenvalue weighted by Crippen LogP contribution is 1.90. The molecule has 0 rings (SSSR count). The molecule has 0 amide bonds. The van der Waals surface area contributed by atoms with Gasteiger partial charge in [-0.3, -0.25) is 4.99 Å². The summed E-state index contributed by atoms with van der Waals surface area (Å²) in [6.45, 7) is 10.6. The third kappa shape index (κ3) is 13.7. The highest BCUT2D eigenvalue weighted by Gasteiger charge is 1.93. The molecule has 0 aliphatic carbocycles. The first-order valence-corrected chi connectivity index (χ1v) is 5.39. The number of nitrogens with one attached hydrogen (secondary N) is 1. The molecule has 0 aromatic carbocycles. The fourth-order valence-electron chi connectivity index (χ4n) is 0.857. The fraction of sp³-hybridized carbons (Fsp3) is 0.727. The monoisotopic (exact) mass is 341 g/mol. The van der Waals surface area contributed by atoms with Crippen molar-refractivity contribution in [2.45, 2.75) is 20.3 Å². The van der Waals surface area contributed by atoms with Gasteiger partial charge in [0.2, 0.25) is 0 Å². The number of hydrogen-bond donors (Lipinski definition) is 2. The van der Waals surface area contributed by atoms with Crippen molar-refractivity contribution < 1.29 is 4.74 Å². The van der Waals surface area contributed by atoms with Gasteiger partial charge in [0, 0.05) is 13.1 Å². The van der Waals surface area contributed by atoms with Gasteiger partial charge in [0.05, 0.1) is 13.2 Å². The van der Waals surface area contributed by atoms with Gasteiger partial charge in [-0.25, -0.2) is 0 Å². The van der Waals surface area contributed by atoms with Crippen molar-refractivity contribution >= 4 is 29.9 Å². The lowest BCUT2D eigenvalue weighted by Gasteiger charge is -2.06. The number of ether oxygens (including phenoxy) is 1. The second-order valence-corrected chi connectivity index (χ2v) is 3.74. The molecule has 0 heterocycles. The van der Waals surface area contributed by atoms with Crippen LogP contribution in [0.1, 0.15) is 20.3 Å². The largest absolute Gasteiger partial charge is 0.379 e. The summed E-state index contributed by atoms with van der Waals surface area (Å²) >= 11 is 0. The summed E-state index contributed by atoms with van der Waals surface area (Å²) in [6, 6.07) is 0. The number of aliphatic imine (C=N–C) groups is 1. The van der Waals surface area contributed by atoms with Gasteiger partial charge in [0.15, 0.2) is 5.96 Å². The highest BCUT2D eigenvalue weighted by molar-refractivity contribution is 14.0. The Labute approximate surface area is 116 Å². The Bertz CT molecular complexity index is 196. The molecule has 0 saturated carbocycles. The fourth-order valence-corrected chi connectivity index (χ4v) is 0.857. The van der Waals surface area contributed by atoms with Gasteiger partial charge in [0.1, 0.15) is 0 Å². The average Bonchev–Trinajstić information content (AvgIpc) is 2.20. The van der Waals surface area contributed by atoms with E-state index in [-0.39, 0.29) is 24.0 Å². The summed E-state index contributed by atoms with van der Waals surface area (Å²) in [6.07, 6.45) is 2.73. The molecule has 0 spiro atoms. The lowest BCUT2D eigenvalue weighted by molar-refractivity contribution is 0.143. The molecule has 0 unspecified atom stereocenters. The normalized spacial score (nSPS) is 11.1. The van der Waals surface area contributed by atoms with Crippen molar-refractivity contribution in [1.29, 1.82) is 0 Å². The second-order valence-electron chi connectivity index (χ2n) is 3.74. The Balaban J connectivity index is 0. The van der Waals surface area contributed by atoms with Crippen molar-refractivity contribution in [1.82, 2.24) is 5.32 Å². The van der Waals surface area contributed by atoms with Gasteiger partial charge in [-0.05, 0) is 12.3 Å². The zero-order valence-electron chi connectivity index (χ0n) is 10.2. The first-order valence-electron chi connectivity index (χ1n) is 5.39. The Hall–Kier alpha value is -0.300. The maximum atomic E-state index is 5.63. The number of nitrogens with two attached hydrogens (primary N) is 1. The predicted octanol–water partition coefficient (Wildman–Crippen LogP) is 1.76. The van der Waals surface area contributed by atoms with Crippen LogP contribution in [0.3, 0.4) is 0 Å². The van der Waals surface area contributed by atoms with Crippen LogP contribution < -0.4 is 11.1 Å². The van der Waals surface area contributed by atoms with Crippen molar-refractivity contribution in [2.24, 2.45) is 16.6 Å². The van der Waals surface area contributed by atoms with Gasteiger partial charge < -0.3 is 15.8 Å². The van der Waals surface area contributed by atoms with Crippen molar-refractivity contribution in [2.75, 3.05) is 26.3 Å². The number of rotatable bonds is 8. The van der Waals surface area contributed by atoms with Gasteiger partial charge in [-0.1, -0.05) is 19.9 Å². The Morgan fingerprint density at radius 1 is 1.50 bits per heavy atom. The van der Waals surface area contributed by atoms with Crippen LogP contribution in [0.2, 0.25) is 0 Å². The van der Waals surface area contributed by atoms with E-state index in [0.717, 1.165) is 13.0 Å². The summed E-state index contributed by atoms with van der Waals surface area (Å²) in [5.41, 5.74) is 5.63. The molecule has 0 aromatic rings. The van der Waals surface area contributed by atoms with Crippen molar-refractivity contribution in [3.8, 4) is 0 Å². The highest BCUT2D eigenvalue weighted by atomic mass is 127. The molecule has 0 aliphatic rings. The average molecular weight is 341 g/mol. The molecule has 0 atom stereocenters. The van der Waals surface area contributed by atoms with E-state index in [9.17, 15) is 0 Å². The van der Waals surface area contributed by atoms with Crippen LogP contribution in [-0.2, 0) is 4.74 Å². The summed E-state index contributed by atoms with van der Waals surface area (Å²) in [4.78, 5) is 4.17. The van der Waals surface area contributed by atoms with E-state index in [4.69, 9.17) is 10.5 Å². The molecule has 5 heteroatoms. The van der Waals surface area contributed by atoms with Gasteiger partial charge in [0.25, 0.3) is 0 Å². The Kier molecular flexibility index (Phi) is 14.4. The summed E-state index contributed by atoms with van der Waals surface area (Å²) in [5, 5.41) is 2.99. The zero-order valence-corrected chi connectivity index (χ0v) is 12.6. The number of halogens is 1. The Morgan fingerprint density at radius 2 is 2.19 bits per heavy atom. The smallest absolute Gasteiger partial charge is 0.188 e. The van der Waals surface area contributed by atoms with Crippen molar-refractivity contribution in [3.05, 3.63) is 12.7 Å². The zero-order chi connectivity index (χ0) is 11.5. The molecule has 0 aliphatic heterocycles. The minimum Gasteiger partial charge on any atom is -0.379 e. The minimum atomic E-state index is 0. The van der Waals surface area contributed by atoms with E-state index in [0.29, 0.717) is 31.6 Å². The summed E-state index contributed by atoms with van der Waals surface area (Å²) in [7, 11) is 0. The van der Waals surface area contributed by atoms with Crippen LogP contribution >= 0.6 is 24.0 Å². The number of hydrogen-bond acceptors (Lipinski definition) is 2. The number of nitrogens with zero attached hydrogens (tertiary/aromatic N) is 1. The second kappa shape index (κ2) is 12.8. The van der Waals surface area contributed by atoms with E-state index in [1.165, 1.54) is 0 Å². The molecular formula is C11H24IN3O. The molecular weight excluding hydrogens is 317 g/mol. The van der Waals surface area contributed by atoms with Crippen LogP contribution in [0.15, 0.2) is 17.6 Å². The first-order chi connectivity index (χ1) is 7.16. The Morgan fingerprint density at radius 3 is 2.75 bits per heavy atom. The third-order valence-corrected chi connectivity index (χ3v) is 1.65. The molecule has 16 heavy (non-hydrogen) atoms. The van der Waals surface area contributed by atoms with Crippen molar-refractivity contribution in [3.63, 3.8) is 0 Å². The molecule has 96 valence electrons. The topological polar surface area (TPSA) is 59.6 Å². The lowest BCUT2D eigenvalue weighted by atomic mass is 10.2. The SMILES string of the molecule is C=CCCOCCNC(N)=NCC(C)C.I.